The van der Waals surface area contributed by atoms with Crippen LogP contribution in [0.25, 0.3) is 22.0 Å². The second-order valence-electron chi connectivity index (χ2n) is 25.4. The van der Waals surface area contributed by atoms with Gasteiger partial charge in [0, 0.05) is 114 Å². The van der Waals surface area contributed by atoms with Crippen LogP contribution in [0.5, 0.6) is 5.75 Å². The first-order valence-corrected chi connectivity index (χ1v) is 35.7. The Morgan fingerprint density at radius 1 is 0.830 bits per heavy atom. The normalized spacial score (nSPS) is 17.2. The van der Waals surface area contributed by atoms with Gasteiger partial charge < -0.3 is 53.4 Å². The first kappa shape index (κ1) is 73.1. The van der Waals surface area contributed by atoms with Crippen LogP contribution in [0.2, 0.25) is 0 Å². The van der Waals surface area contributed by atoms with Crippen LogP contribution < -0.4 is 20.3 Å². The van der Waals surface area contributed by atoms with Gasteiger partial charge in [0.15, 0.2) is 23.7 Å². The van der Waals surface area contributed by atoms with Crippen molar-refractivity contribution in [3.63, 3.8) is 0 Å². The van der Waals surface area contributed by atoms with E-state index >= 15 is 0 Å². The van der Waals surface area contributed by atoms with Gasteiger partial charge in [0.2, 0.25) is 29.4 Å². The maximum atomic E-state index is 14.2. The van der Waals surface area contributed by atoms with Crippen LogP contribution in [0.1, 0.15) is 112 Å². The second kappa shape index (κ2) is 31.7. The number of imide groups is 1. The number of methoxy groups -OCH3 is 1. The number of rotatable bonds is 30. The van der Waals surface area contributed by atoms with Crippen LogP contribution in [-0.4, -0.2) is 167 Å². The van der Waals surface area contributed by atoms with Gasteiger partial charge in [-0.15, -0.1) is 0 Å². The Hall–Kier alpha value is -9.63. The lowest BCUT2D eigenvalue weighted by Gasteiger charge is -2.31. The van der Waals surface area contributed by atoms with Crippen molar-refractivity contribution in [2.75, 3.05) is 56.5 Å². The highest BCUT2D eigenvalue weighted by molar-refractivity contribution is 8.00. The van der Waals surface area contributed by atoms with Gasteiger partial charge in [-0.05, 0) is 96.7 Å². The van der Waals surface area contributed by atoms with Crippen LogP contribution in [0.4, 0.5) is 16.3 Å². The molecule has 0 saturated carbocycles. The van der Waals surface area contributed by atoms with Gasteiger partial charge in [0.1, 0.15) is 23.8 Å². The van der Waals surface area contributed by atoms with Gasteiger partial charge in [-0.3, -0.25) is 57.2 Å². The Bertz CT molecular complexity index is 4410. The molecule has 10 rings (SSSR count). The number of aryl methyl sites for hydroxylation is 3. The first-order valence-electron chi connectivity index (χ1n) is 32.6. The van der Waals surface area contributed by atoms with E-state index in [1.54, 1.807) is 119 Å². The third-order valence-electron chi connectivity index (χ3n) is 17.8. The summed E-state index contributed by atoms with van der Waals surface area (Å²) in [6, 6.07) is 24.1. The molecule has 3 aliphatic heterocycles. The number of hydrogen-bond donors (Lipinski definition) is 4. The number of nitrogens with zero attached hydrogens (tertiary/aromatic N) is 7. The second-order valence-corrected chi connectivity index (χ2v) is 28.3. The zero-order valence-corrected chi connectivity index (χ0v) is 58.3. The number of aliphatic hydroxyl groups excluding tert-OH is 1. The summed E-state index contributed by atoms with van der Waals surface area (Å²) in [6.45, 7) is 8.95. The number of amides is 6. The Kier molecular flexibility index (Phi) is 23.2. The van der Waals surface area contributed by atoms with Gasteiger partial charge in [-0.1, -0.05) is 73.7 Å². The molecule has 2 fully saturated rings. The zero-order valence-electron chi connectivity index (χ0n) is 56.6. The minimum absolute atomic E-state index is 0.00565. The molecule has 3 aliphatic rings. The minimum Gasteiger partial charge on any atom is -0.493 e. The number of hydrogen-bond acceptors (Lipinski definition) is 18. The fraction of sp³-hybridized carbons (Fsp3) is 0.375. The highest BCUT2D eigenvalue weighted by Gasteiger charge is 2.46. The molecule has 0 aliphatic carbocycles. The molecule has 4 aromatic carbocycles. The highest BCUT2D eigenvalue weighted by atomic mass is 32.2. The molecule has 2 unspecified atom stereocenters. The molecule has 4 N–H and O–H groups in total. The topological polar surface area (TPSA) is 327 Å². The van der Waals surface area contributed by atoms with Crippen molar-refractivity contribution in [2.24, 2.45) is 20.0 Å². The van der Waals surface area contributed by atoms with Crippen molar-refractivity contribution in [1.82, 2.24) is 33.8 Å². The van der Waals surface area contributed by atoms with Gasteiger partial charge >= 0.3 is 13.7 Å². The van der Waals surface area contributed by atoms with E-state index in [0.717, 1.165) is 20.9 Å². The predicted molar refractivity (Wildman–Crippen MR) is 372 cm³/mol. The number of carbonyl (C=O) groups is 10. The van der Waals surface area contributed by atoms with Crippen molar-refractivity contribution >= 4 is 101 Å². The van der Waals surface area contributed by atoms with Crippen LogP contribution in [0.3, 0.4) is 0 Å². The average molecular weight is 1410 g/mol. The lowest BCUT2D eigenvalue weighted by Crippen LogP contribution is -2.50. The molecule has 0 radical (unpaired) electrons. The summed E-state index contributed by atoms with van der Waals surface area (Å²) >= 11 is 1.28. The van der Waals surface area contributed by atoms with Gasteiger partial charge in [-0.25, -0.2) is 14.7 Å². The van der Waals surface area contributed by atoms with Crippen LogP contribution >= 0.6 is 19.4 Å². The number of anilines is 2. The number of aromatic nitrogens is 4. The average Bonchev–Trinajstić information content (AvgIpc) is 1.65. The van der Waals surface area contributed by atoms with E-state index in [1.165, 1.54) is 39.0 Å². The predicted octanol–water partition coefficient (Wildman–Crippen LogP) is 8.29. The molecule has 7 aromatic rings. The number of benzene rings is 4. The molecule has 0 bridgehead atoms. The zero-order chi connectivity index (χ0) is 71.9. The van der Waals surface area contributed by atoms with E-state index in [-0.39, 0.29) is 161 Å². The van der Waals surface area contributed by atoms with Crippen LogP contribution in [0.15, 0.2) is 122 Å². The van der Waals surface area contributed by atoms with E-state index < -0.39 is 60.9 Å². The summed E-state index contributed by atoms with van der Waals surface area (Å²) in [6.07, 6.45) is 4.38. The van der Waals surface area contributed by atoms with E-state index in [9.17, 15) is 62.5 Å². The highest BCUT2D eigenvalue weighted by Crippen LogP contribution is 2.46. The summed E-state index contributed by atoms with van der Waals surface area (Å²) in [5.74, 6) is -3.31. The van der Waals surface area contributed by atoms with Gasteiger partial charge in [0.05, 0.1) is 60.1 Å². The van der Waals surface area contributed by atoms with E-state index in [2.05, 4.69) is 22.2 Å². The fourth-order valence-electron chi connectivity index (χ4n) is 12.4. The largest absolute Gasteiger partial charge is 0.493 e. The van der Waals surface area contributed by atoms with Crippen molar-refractivity contribution < 1.29 is 81.2 Å². The maximum absolute atomic E-state index is 14.2. The Morgan fingerprint density at radius 2 is 1.54 bits per heavy atom. The summed E-state index contributed by atoms with van der Waals surface area (Å²) in [4.78, 5) is 151. The van der Waals surface area contributed by atoms with Gasteiger partial charge in [0.25, 0.3) is 11.8 Å². The summed E-state index contributed by atoms with van der Waals surface area (Å²) < 4.78 is 39.4. The molecule has 0 spiro atoms. The third-order valence-corrected chi connectivity index (χ3v) is 20.1. The van der Waals surface area contributed by atoms with Crippen molar-refractivity contribution in [3.8, 4) is 16.9 Å². The van der Waals surface area contributed by atoms with Gasteiger partial charge in [-0.2, -0.15) is 11.8 Å². The monoisotopic (exact) mass is 1410 g/mol. The molecule has 526 valence electrons. The van der Waals surface area contributed by atoms with Crippen molar-refractivity contribution in [2.45, 2.75) is 108 Å². The number of Topliss-reactive ketones (excluding diaryl/α,β-unsaturated/α-hetero) is 3. The number of ether oxygens (including phenoxy) is 3. The van der Waals surface area contributed by atoms with Crippen LogP contribution in [0, 0.1) is 12.8 Å². The SMILES string of the molecule is C=C1C[C@H]2[C@H](O)N(C(=O)OCc3ccc(CC(=O)[C@H](C)NC(=O)[C@H](C)CC(=O)CCN4C(=O)CC(SC)C4=O)cc3)c3cc(OCCCC(=O)Nc4cn(C)c(C(=O)Cc5ccc(-c6cc(C(=O)n7ccc8cc(CP(=O)(O)OCCOC)ccc87)n(C)c6)cc5)n4)c(C)cc3C(=O)N2C1. The number of thioether (sulfide) groups is 1. The summed E-state index contributed by atoms with van der Waals surface area (Å²) in [7, 11) is 0.993. The summed E-state index contributed by atoms with van der Waals surface area (Å²) in [5, 5.41) is 17.6. The number of ketones is 3. The standard InChI is InChI=1S/C72H80N9O17PS/c1-42-28-58-70(90)81(72(92)97-40-48-13-11-46(12-14-48)32-59(83)45(4)73-67(87)44(3)29-53(82)22-24-79-65(86)36-62(100-8)71(79)91)56-35-61(43(2)30-54(56)68(88)80(58)37-42)96-25-9-10-64(85)74-63-39-77(6)66(75-63)60(84)33-47-15-18-50(19-16-47)52-34-57(76(5)38-52)69(89)78-23-21-51-31-49(17-20-55(51)78)41-99(93,94)98-27-26-95-7/h11-21,23,30-31,34-35,38-39,44-45,58,62,70,90H,1,9-10,22,24-29,32-33,36-37,40-41H2,2-8H3,(H,73,87)(H,74,85)(H,93,94)/t44-,45+,58+,62?,70+/m1/s1. The maximum Gasteiger partial charge on any atom is 0.416 e. The molecule has 28 heteroatoms. The number of carbonyl (C=O) groups excluding carboxylic acids is 10. The fourth-order valence-corrected chi connectivity index (χ4v) is 14.1. The van der Waals surface area contributed by atoms with Crippen LogP contribution in [-0.2, 0) is 87.0 Å². The molecule has 26 nitrogen and oxygen atoms in total. The third kappa shape index (κ3) is 17.1. The Morgan fingerprint density at radius 3 is 2.26 bits per heavy atom. The lowest BCUT2D eigenvalue weighted by atomic mass is 10.00. The minimum atomic E-state index is -3.91. The Balaban J connectivity index is 0.691. The van der Waals surface area contributed by atoms with E-state index in [0.29, 0.717) is 50.0 Å². The number of nitrogens with one attached hydrogen (secondary N) is 2. The molecule has 6 atom stereocenters. The molecule has 2 saturated heterocycles. The molecule has 6 amide bonds. The first-order chi connectivity index (χ1) is 47.7. The number of fused-ring (bicyclic) bond motifs is 3. The number of aliphatic hydroxyl groups is 1. The molecular formula is C72H80N9O17PS. The lowest BCUT2D eigenvalue weighted by molar-refractivity contribution is -0.139. The van der Waals surface area contributed by atoms with E-state index in [4.69, 9.17) is 18.7 Å². The van der Waals surface area contributed by atoms with Crippen molar-refractivity contribution in [1.29, 1.82) is 0 Å². The smallest absolute Gasteiger partial charge is 0.416 e. The quantitative estimate of drug-likeness (QED) is 0.0108. The van der Waals surface area contributed by atoms with Crippen molar-refractivity contribution in [3.05, 3.63) is 167 Å². The molecular weight excluding hydrogens is 1330 g/mol. The number of imidazole rings is 1. The molecule has 6 heterocycles. The molecule has 3 aromatic heterocycles. The van der Waals surface area contributed by atoms with E-state index in [1.807, 2.05) is 30.5 Å². The summed E-state index contributed by atoms with van der Waals surface area (Å²) in [5.41, 5.74) is 6.48. The Labute approximate surface area is 581 Å². The number of likely N-dealkylation sites (tertiary alicyclic amines) is 1. The molecule has 100 heavy (non-hydrogen) atoms.